The Morgan fingerprint density at radius 2 is 1.64 bits per heavy atom. The number of nitrogens with zero attached hydrogens (tertiary/aromatic N) is 4. The molecule has 3 amide bonds. The summed E-state index contributed by atoms with van der Waals surface area (Å²) in [5, 5.41) is 2.52. The number of anilines is 1. The summed E-state index contributed by atoms with van der Waals surface area (Å²) in [5.74, 6) is -0.681. The summed E-state index contributed by atoms with van der Waals surface area (Å²) in [4.78, 5) is 58.4. The van der Waals surface area contributed by atoms with E-state index >= 15 is 0 Å². The highest BCUT2D eigenvalue weighted by atomic mass is 16.2. The zero-order valence-corrected chi connectivity index (χ0v) is 23.3. The van der Waals surface area contributed by atoms with Crippen molar-refractivity contribution in [3.63, 3.8) is 0 Å². The van der Waals surface area contributed by atoms with E-state index in [0.29, 0.717) is 23.3 Å². The molecule has 212 valence electrons. The first kappa shape index (κ1) is 27.8. The van der Waals surface area contributed by atoms with Gasteiger partial charge in [0.15, 0.2) is 0 Å². The lowest BCUT2D eigenvalue weighted by atomic mass is 9.93. The van der Waals surface area contributed by atoms with Crippen molar-refractivity contribution in [2.24, 2.45) is 5.92 Å². The maximum Gasteiger partial charge on any atom is 0.262 e. The van der Waals surface area contributed by atoms with Crippen LogP contribution in [0.15, 0.2) is 18.2 Å². The van der Waals surface area contributed by atoms with Gasteiger partial charge in [-0.05, 0) is 95.2 Å². The van der Waals surface area contributed by atoms with Crippen LogP contribution in [0.2, 0.25) is 0 Å². The summed E-state index contributed by atoms with van der Waals surface area (Å²) >= 11 is 0. The number of piperidine rings is 3. The van der Waals surface area contributed by atoms with Crippen LogP contribution < -0.4 is 10.2 Å². The van der Waals surface area contributed by atoms with Crippen LogP contribution in [0.5, 0.6) is 0 Å². The highest BCUT2D eigenvalue weighted by Crippen LogP contribution is 2.32. The standard InChI is InChI=1S/C30H43N5O4/c1-31-28(37)27(6-5-19-36)35-29(38)25-8-7-24(20-26(25)30(35)39)34-17-9-22(10-18-34)21-32-15-11-23(12-16-32)33-13-3-2-4-14-33/h7-8,19-20,22-23,27H,2-6,9-18,21H2,1H3,(H,31,37). The molecular formula is C30H43N5O4. The minimum absolute atomic E-state index is 0.0993. The molecule has 0 spiro atoms. The molecule has 0 saturated carbocycles. The lowest BCUT2D eigenvalue weighted by molar-refractivity contribution is -0.124. The van der Waals surface area contributed by atoms with E-state index in [9.17, 15) is 19.2 Å². The quantitative estimate of drug-likeness (QED) is 0.382. The summed E-state index contributed by atoms with van der Waals surface area (Å²) in [6, 6.07) is 5.23. The van der Waals surface area contributed by atoms with Crippen LogP contribution in [0.25, 0.3) is 0 Å². The molecule has 4 heterocycles. The second kappa shape index (κ2) is 12.6. The minimum Gasteiger partial charge on any atom is -0.371 e. The first-order valence-corrected chi connectivity index (χ1v) is 14.9. The van der Waals surface area contributed by atoms with Crippen molar-refractivity contribution in [3.8, 4) is 0 Å². The number of rotatable bonds is 9. The molecule has 1 N–H and O–H groups in total. The average Bonchev–Trinajstić information content (AvgIpc) is 3.23. The largest absolute Gasteiger partial charge is 0.371 e. The van der Waals surface area contributed by atoms with Gasteiger partial charge in [-0.1, -0.05) is 6.42 Å². The number of likely N-dealkylation sites (N-methyl/N-ethyl adjacent to an activating group) is 1. The van der Waals surface area contributed by atoms with E-state index in [4.69, 9.17) is 0 Å². The molecule has 39 heavy (non-hydrogen) atoms. The Balaban J connectivity index is 1.15. The van der Waals surface area contributed by atoms with E-state index in [0.717, 1.165) is 42.6 Å². The molecule has 0 aliphatic carbocycles. The van der Waals surface area contributed by atoms with Gasteiger partial charge in [0.2, 0.25) is 5.91 Å². The fourth-order valence-electron chi connectivity index (χ4n) is 6.99. The van der Waals surface area contributed by atoms with Crippen molar-refractivity contribution in [1.29, 1.82) is 0 Å². The van der Waals surface area contributed by atoms with Crippen molar-refractivity contribution in [1.82, 2.24) is 20.0 Å². The second-order valence-electron chi connectivity index (χ2n) is 11.6. The Hall–Kier alpha value is -2.78. The zero-order chi connectivity index (χ0) is 27.4. The molecule has 0 bridgehead atoms. The van der Waals surface area contributed by atoms with Crippen LogP contribution >= 0.6 is 0 Å². The van der Waals surface area contributed by atoms with Crippen molar-refractivity contribution in [2.75, 3.05) is 57.8 Å². The Morgan fingerprint density at radius 3 is 2.31 bits per heavy atom. The van der Waals surface area contributed by atoms with Gasteiger partial charge in [0.1, 0.15) is 12.3 Å². The molecule has 0 aromatic heterocycles. The van der Waals surface area contributed by atoms with Crippen LogP contribution in [0.4, 0.5) is 5.69 Å². The number of amides is 3. The predicted molar refractivity (Wildman–Crippen MR) is 150 cm³/mol. The SMILES string of the molecule is CNC(=O)C(CCC=O)N1C(=O)c2ccc(N3CCC(CN4CCC(N5CCCCC5)CC4)CC3)cc2C1=O. The van der Waals surface area contributed by atoms with Gasteiger partial charge in [0.05, 0.1) is 11.1 Å². The molecule has 4 aliphatic heterocycles. The third kappa shape index (κ3) is 6.04. The second-order valence-corrected chi connectivity index (χ2v) is 11.6. The van der Waals surface area contributed by atoms with E-state index in [2.05, 4.69) is 20.0 Å². The first-order valence-electron chi connectivity index (χ1n) is 14.9. The van der Waals surface area contributed by atoms with Crippen molar-refractivity contribution in [2.45, 2.75) is 69.9 Å². The number of fused-ring (bicyclic) bond motifs is 1. The smallest absolute Gasteiger partial charge is 0.262 e. The number of imide groups is 1. The number of hydrogen-bond acceptors (Lipinski definition) is 7. The number of likely N-dealkylation sites (tertiary alicyclic amines) is 2. The van der Waals surface area contributed by atoms with Crippen molar-refractivity contribution < 1.29 is 19.2 Å². The summed E-state index contributed by atoms with van der Waals surface area (Å²) < 4.78 is 0. The van der Waals surface area contributed by atoms with Gasteiger partial charge in [-0.15, -0.1) is 0 Å². The Morgan fingerprint density at radius 1 is 0.949 bits per heavy atom. The zero-order valence-electron chi connectivity index (χ0n) is 23.3. The Labute approximate surface area is 231 Å². The average molecular weight is 538 g/mol. The Bertz CT molecular complexity index is 1060. The van der Waals surface area contributed by atoms with Crippen LogP contribution in [0.3, 0.4) is 0 Å². The fourth-order valence-corrected chi connectivity index (χ4v) is 6.99. The topological polar surface area (TPSA) is 93.3 Å². The van der Waals surface area contributed by atoms with Crippen LogP contribution in [0, 0.1) is 5.92 Å². The lowest BCUT2D eigenvalue weighted by Crippen LogP contribution is -2.48. The monoisotopic (exact) mass is 537 g/mol. The van der Waals surface area contributed by atoms with Gasteiger partial charge in [-0.25, -0.2) is 0 Å². The molecule has 4 aliphatic rings. The maximum absolute atomic E-state index is 13.3. The van der Waals surface area contributed by atoms with Gasteiger partial charge in [-0.3, -0.25) is 19.3 Å². The number of benzene rings is 1. The van der Waals surface area contributed by atoms with Gasteiger partial charge in [0.25, 0.3) is 11.8 Å². The van der Waals surface area contributed by atoms with E-state index in [1.165, 1.54) is 71.9 Å². The molecule has 9 heteroatoms. The number of nitrogens with one attached hydrogen (secondary N) is 1. The molecule has 1 unspecified atom stereocenters. The molecule has 0 radical (unpaired) electrons. The third-order valence-corrected chi connectivity index (χ3v) is 9.28. The first-order chi connectivity index (χ1) is 19.0. The summed E-state index contributed by atoms with van der Waals surface area (Å²) in [6.45, 7) is 8.04. The number of hydrogen-bond donors (Lipinski definition) is 1. The fraction of sp³-hybridized carbons (Fsp3) is 0.667. The van der Waals surface area contributed by atoms with Crippen LogP contribution in [-0.2, 0) is 9.59 Å². The van der Waals surface area contributed by atoms with Gasteiger partial charge >= 0.3 is 0 Å². The van der Waals surface area contributed by atoms with Gasteiger partial charge in [-0.2, -0.15) is 0 Å². The number of aldehydes is 1. The van der Waals surface area contributed by atoms with Crippen LogP contribution in [-0.4, -0.2) is 104 Å². The highest BCUT2D eigenvalue weighted by Gasteiger charge is 2.42. The van der Waals surface area contributed by atoms with Gasteiger partial charge < -0.3 is 24.8 Å². The number of carbonyl (C=O) groups is 4. The molecule has 3 fully saturated rings. The van der Waals surface area contributed by atoms with E-state index < -0.39 is 23.8 Å². The molecule has 9 nitrogen and oxygen atoms in total. The molecule has 1 atom stereocenters. The Kier molecular flexibility index (Phi) is 8.97. The lowest BCUT2D eigenvalue weighted by Gasteiger charge is -2.42. The van der Waals surface area contributed by atoms with E-state index in [1.807, 2.05) is 12.1 Å². The number of carbonyl (C=O) groups excluding carboxylic acids is 4. The predicted octanol–water partition coefficient (Wildman–Crippen LogP) is 2.54. The van der Waals surface area contributed by atoms with E-state index in [1.54, 1.807) is 6.07 Å². The van der Waals surface area contributed by atoms with E-state index in [-0.39, 0.29) is 12.8 Å². The third-order valence-electron chi connectivity index (χ3n) is 9.28. The summed E-state index contributed by atoms with van der Waals surface area (Å²) in [6.07, 6.45) is 9.88. The molecule has 1 aromatic rings. The molecular weight excluding hydrogens is 494 g/mol. The van der Waals surface area contributed by atoms with Gasteiger partial charge in [0, 0.05) is 44.8 Å². The summed E-state index contributed by atoms with van der Waals surface area (Å²) in [7, 11) is 1.47. The van der Waals surface area contributed by atoms with Crippen molar-refractivity contribution in [3.05, 3.63) is 29.3 Å². The minimum atomic E-state index is -0.989. The highest BCUT2D eigenvalue weighted by molar-refractivity contribution is 6.23. The maximum atomic E-state index is 13.3. The van der Waals surface area contributed by atoms with Crippen molar-refractivity contribution >= 4 is 29.7 Å². The normalized spacial score (nSPS) is 22.7. The molecule has 3 saturated heterocycles. The molecule has 5 rings (SSSR count). The van der Waals surface area contributed by atoms with Crippen LogP contribution in [0.1, 0.15) is 78.5 Å². The molecule has 1 aromatic carbocycles. The summed E-state index contributed by atoms with van der Waals surface area (Å²) in [5.41, 5.74) is 1.62.